The van der Waals surface area contributed by atoms with Gasteiger partial charge in [0.15, 0.2) is 5.69 Å². The number of hydrogen-bond donors (Lipinski definition) is 4. The van der Waals surface area contributed by atoms with Crippen molar-refractivity contribution in [2.75, 3.05) is 44.9 Å². The molecule has 10 heteroatoms. The number of carboxylic acid groups (broad SMARTS) is 1. The van der Waals surface area contributed by atoms with Crippen LogP contribution in [0.1, 0.15) is 26.5 Å². The predicted octanol–water partition coefficient (Wildman–Crippen LogP) is 5.14. The van der Waals surface area contributed by atoms with Gasteiger partial charge in [-0.2, -0.15) is 0 Å². The monoisotopic (exact) mass is 564 g/mol. The van der Waals surface area contributed by atoms with Crippen LogP contribution in [0.2, 0.25) is 0 Å². The fourth-order valence-corrected chi connectivity index (χ4v) is 4.64. The van der Waals surface area contributed by atoms with Gasteiger partial charge in [0.05, 0.1) is 41.6 Å². The van der Waals surface area contributed by atoms with Crippen LogP contribution in [0.25, 0.3) is 21.8 Å². The van der Waals surface area contributed by atoms with E-state index in [0.717, 1.165) is 39.9 Å². The number of nitrogens with zero attached hydrogens (tertiary/aromatic N) is 3. The molecule has 0 aliphatic carbocycles. The number of amides is 1. The largest absolute Gasteiger partial charge is 0.497 e. The van der Waals surface area contributed by atoms with Crippen LogP contribution in [0.5, 0.6) is 5.75 Å². The Bertz CT molecular complexity index is 1770. The molecule has 214 valence electrons. The summed E-state index contributed by atoms with van der Waals surface area (Å²) < 4.78 is 5.23. The van der Waals surface area contributed by atoms with Crippen molar-refractivity contribution in [3.63, 3.8) is 0 Å². The van der Waals surface area contributed by atoms with E-state index in [4.69, 9.17) is 9.72 Å². The molecule has 4 N–H and O–H groups in total. The molecule has 0 saturated carbocycles. The average molecular weight is 565 g/mol. The number of pyridine rings is 2. The molecular weight excluding hydrogens is 532 g/mol. The maximum Gasteiger partial charge on any atom is 0.354 e. The molecule has 0 bridgehead atoms. The Kier molecular flexibility index (Phi) is 8.44. The third-order valence-electron chi connectivity index (χ3n) is 6.71. The second-order valence-electron chi connectivity index (χ2n) is 10.0. The van der Waals surface area contributed by atoms with Crippen molar-refractivity contribution in [1.82, 2.24) is 20.2 Å². The van der Waals surface area contributed by atoms with Crippen molar-refractivity contribution in [2.24, 2.45) is 0 Å². The van der Waals surface area contributed by atoms with Crippen LogP contribution in [-0.2, 0) is 6.54 Å². The highest BCUT2D eigenvalue weighted by Crippen LogP contribution is 2.35. The van der Waals surface area contributed by atoms with E-state index in [0.29, 0.717) is 35.6 Å². The molecule has 3 aromatic carbocycles. The number of nitrogens with one attached hydrogen (secondary N) is 3. The third kappa shape index (κ3) is 6.39. The number of methoxy groups -OCH3 is 1. The second-order valence-corrected chi connectivity index (χ2v) is 10.0. The summed E-state index contributed by atoms with van der Waals surface area (Å²) in [5.41, 5.74) is 4.84. The fraction of sp³-hybridized carbons (Fsp3) is 0.188. The zero-order valence-corrected chi connectivity index (χ0v) is 23.6. The van der Waals surface area contributed by atoms with Crippen LogP contribution in [0.15, 0.2) is 78.9 Å². The van der Waals surface area contributed by atoms with Gasteiger partial charge in [-0.05, 0) is 44.4 Å². The lowest BCUT2D eigenvalue weighted by molar-refractivity contribution is 0.0689. The zero-order valence-electron chi connectivity index (χ0n) is 23.6. The van der Waals surface area contributed by atoms with E-state index in [1.807, 2.05) is 79.7 Å². The minimum Gasteiger partial charge on any atom is -0.497 e. The SMILES string of the molecule is COc1cc(CNc2cccc(Nc3c4ccccc4nc4c(C(=O)NCCN(C)C)cccc34)c2)nc(C(=O)O)c1. The quantitative estimate of drug-likeness (QED) is 0.161. The van der Waals surface area contributed by atoms with Crippen LogP contribution in [0.3, 0.4) is 0 Å². The Balaban J connectivity index is 1.45. The number of rotatable bonds is 11. The molecule has 42 heavy (non-hydrogen) atoms. The fourth-order valence-electron chi connectivity index (χ4n) is 4.64. The van der Waals surface area contributed by atoms with Crippen molar-refractivity contribution >= 4 is 50.7 Å². The average Bonchev–Trinajstić information content (AvgIpc) is 2.99. The number of fused-ring (bicyclic) bond motifs is 2. The van der Waals surface area contributed by atoms with Crippen LogP contribution < -0.4 is 20.7 Å². The molecule has 0 spiro atoms. The first kappa shape index (κ1) is 28.3. The van der Waals surface area contributed by atoms with Crippen molar-refractivity contribution < 1.29 is 19.4 Å². The number of aromatic nitrogens is 2. The summed E-state index contributed by atoms with van der Waals surface area (Å²) in [7, 11) is 5.41. The number of hydrogen-bond acceptors (Lipinski definition) is 8. The normalized spacial score (nSPS) is 11.0. The Labute approximate surface area is 243 Å². The first-order valence-electron chi connectivity index (χ1n) is 13.5. The molecular formula is C32H32N6O4. The number of ether oxygens (including phenoxy) is 1. The van der Waals surface area contributed by atoms with Gasteiger partial charge in [-0.1, -0.05) is 36.4 Å². The van der Waals surface area contributed by atoms with Crippen LogP contribution in [-0.4, -0.2) is 66.1 Å². The van der Waals surface area contributed by atoms with Crippen molar-refractivity contribution in [1.29, 1.82) is 0 Å². The molecule has 5 aromatic rings. The first-order chi connectivity index (χ1) is 20.3. The Hall–Kier alpha value is -5.22. The molecule has 2 aromatic heterocycles. The second kappa shape index (κ2) is 12.5. The lowest BCUT2D eigenvalue weighted by Crippen LogP contribution is -2.31. The molecule has 0 aliphatic heterocycles. The summed E-state index contributed by atoms with van der Waals surface area (Å²) in [6.07, 6.45) is 0. The minimum absolute atomic E-state index is 0.0799. The molecule has 1 amide bonds. The summed E-state index contributed by atoms with van der Waals surface area (Å²) in [5, 5.41) is 21.0. The minimum atomic E-state index is -1.12. The van der Waals surface area contributed by atoms with E-state index in [2.05, 4.69) is 20.9 Å². The molecule has 0 radical (unpaired) electrons. The summed E-state index contributed by atoms with van der Waals surface area (Å²) >= 11 is 0. The molecule has 5 rings (SSSR count). The van der Waals surface area contributed by atoms with Crippen LogP contribution in [0.4, 0.5) is 17.1 Å². The van der Waals surface area contributed by atoms with Crippen LogP contribution in [0, 0.1) is 0 Å². The summed E-state index contributed by atoms with van der Waals surface area (Å²) in [6, 6.07) is 24.3. The highest BCUT2D eigenvalue weighted by molar-refractivity contribution is 6.14. The molecule has 0 saturated heterocycles. The van der Waals surface area contributed by atoms with Crippen molar-refractivity contribution in [3.8, 4) is 5.75 Å². The van der Waals surface area contributed by atoms with Gasteiger partial charge in [0.2, 0.25) is 0 Å². The lowest BCUT2D eigenvalue weighted by atomic mass is 10.0. The lowest BCUT2D eigenvalue weighted by Gasteiger charge is -2.16. The number of carbonyl (C=O) groups excluding carboxylic acids is 1. The first-order valence-corrected chi connectivity index (χ1v) is 13.5. The number of carboxylic acids is 1. The van der Waals surface area contributed by atoms with Gasteiger partial charge >= 0.3 is 5.97 Å². The highest BCUT2D eigenvalue weighted by Gasteiger charge is 2.16. The van der Waals surface area contributed by atoms with Gasteiger partial charge in [-0.3, -0.25) is 4.79 Å². The van der Waals surface area contributed by atoms with E-state index < -0.39 is 5.97 Å². The van der Waals surface area contributed by atoms with E-state index in [9.17, 15) is 14.7 Å². The molecule has 10 nitrogen and oxygen atoms in total. The predicted molar refractivity (Wildman–Crippen MR) is 165 cm³/mol. The summed E-state index contributed by atoms with van der Waals surface area (Å²) in [6.45, 7) is 1.57. The Morgan fingerprint density at radius 2 is 1.67 bits per heavy atom. The zero-order chi connectivity index (χ0) is 29.6. The number of aromatic carboxylic acids is 1. The van der Waals surface area contributed by atoms with Gasteiger partial charge in [-0.15, -0.1) is 0 Å². The summed E-state index contributed by atoms with van der Waals surface area (Å²) in [4.78, 5) is 35.7. The smallest absolute Gasteiger partial charge is 0.354 e. The number of likely N-dealkylation sites (N-methyl/N-ethyl adjacent to an activating group) is 1. The van der Waals surface area contributed by atoms with Crippen LogP contribution >= 0.6 is 0 Å². The highest BCUT2D eigenvalue weighted by atomic mass is 16.5. The standard InChI is InChI=1S/C32H32N6O4/c1-38(2)15-14-33-31(39)26-12-7-11-25-29(24-10-4-5-13-27(24)37-30(25)26)36-21-9-6-8-20(16-21)34-19-22-17-23(42-3)18-28(35-22)32(40)41/h4-13,16-18,34H,14-15,19H2,1-3H3,(H,33,39)(H,36,37)(H,40,41). The van der Waals surface area contributed by atoms with Gasteiger partial charge in [0.1, 0.15) is 5.75 Å². The van der Waals surface area contributed by atoms with Gasteiger partial charge < -0.3 is 30.7 Å². The van der Waals surface area contributed by atoms with E-state index >= 15 is 0 Å². The van der Waals surface area contributed by atoms with E-state index in [1.54, 1.807) is 12.1 Å². The number of anilines is 3. The van der Waals surface area contributed by atoms with Crippen molar-refractivity contribution in [2.45, 2.75) is 6.54 Å². The third-order valence-corrected chi connectivity index (χ3v) is 6.71. The number of benzene rings is 3. The maximum atomic E-state index is 13.1. The molecule has 2 heterocycles. The van der Waals surface area contributed by atoms with Gasteiger partial charge in [0, 0.05) is 47.4 Å². The van der Waals surface area contributed by atoms with Crippen molar-refractivity contribution in [3.05, 3.63) is 95.8 Å². The molecule has 0 atom stereocenters. The molecule has 0 unspecified atom stereocenters. The van der Waals surface area contributed by atoms with Gasteiger partial charge in [0.25, 0.3) is 5.91 Å². The maximum absolute atomic E-state index is 13.1. The Morgan fingerprint density at radius 3 is 2.45 bits per heavy atom. The van der Waals surface area contributed by atoms with Gasteiger partial charge in [-0.25, -0.2) is 14.8 Å². The molecule has 0 aliphatic rings. The number of para-hydroxylation sites is 2. The van der Waals surface area contributed by atoms with E-state index in [-0.39, 0.29) is 11.6 Å². The van der Waals surface area contributed by atoms with E-state index in [1.165, 1.54) is 13.2 Å². The molecule has 0 fully saturated rings. The summed E-state index contributed by atoms with van der Waals surface area (Å²) in [5.74, 6) is -0.858. The topological polar surface area (TPSA) is 129 Å². The number of carbonyl (C=O) groups is 2. The Morgan fingerprint density at radius 1 is 0.905 bits per heavy atom.